The summed E-state index contributed by atoms with van der Waals surface area (Å²) in [5.41, 5.74) is -1.57. The zero-order chi connectivity index (χ0) is 23.7. The van der Waals surface area contributed by atoms with E-state index in [1.807, 2.05) is 53.7 Å². The van der Waals surface area contributed by atoms with E-state index in [0.717, 1.165) is 19.3 Å². The van der Waals surface area contributed by atoms with Crippen LogP contribution in [0.15, 0.2) is 12.2 Å². The Balaban J connectivity index is 3.11. The predicted molar refractivity (Wildman–Crippen MR) is 124 cm³/mol. The molecule has 1 rings (SSSR count). The number of carbonyl (C=O) groups is 3. The molecule has 1 aliphatic rings. The number of carbonyl (C=O) groups excluding carboxylic acids is 3. The smallest absolute Gasteiger partial charge is 0.409 e. The third-order valence-electron chi connectivity index (χ3n) is 5.96. The summed E-state index contributed by atoms with van der Waals surface area (Å²) in [4.78, 5) is 40.0. The van der Waals surface area contributed by atoms with Gasteiger partial charge in [0.2, 0.25) is 0 Å². The lowest BCUT2D eigenvalue weighted by Gasteiger charge is -2.36. The summed E-state index contributed by atoms with van der Waals surface area (Å²) in [7, 11) is 1.68. The van der Waals surface area contributed by atoms with Crippen LogP contribution >= 0.6 is 0 Å². The molecule has 0 aromatic rings. The molecule has 1 heterocycles. The predicted octanol–water partition coefficient (Wildman–Crippen LogP) is 3.47. The number of nitrogens with zero attached hydrogens (tertiary/aromatic N) is 1. The molecule has 0 fully saturated rings. The third kappa shape index (κ3) is 8.73. The summed E-state index contributed by atoms with van der Waals surface area (Å²) in [6.07, 6.45) is 7.23. The Morgan fingerprint density at radius 3 is 2.42 bits per heavy atom. The third-order valence-corrected chi connectivity index (χ3v) is 5.96. The molecule has 0 radical (unpaired) electrons. The second kappa shape index (κ2) is 12.3. The average Bonchev–Trinajstić information content (AvgIpc) is 2.70. The quantitative estimate of drug-likeness (QED) is 0.655. The van der Waals surface area contributed by atoms with E-state index in [1.54, 1.807) is 7.05 Å². The SMILES string of the molecule is CC(C)N[C@]1(C)CCN(C)C(=O)OCC=CCCCC[C@@](C)(C(=O)C(C)C)NCC1=O. The Kier molecular flexibility index (Phi) is 10.9. The second-order valence-corrected chi connectivity index (χ2v) is 9.72. The van der Waals surface area contributed by atoms with Crippen LogP contribution in [0.2, 0.25) is 0 Å². The molecule has 2 N–H and O–H groups in total. The minimum Gasteiger partial charge on any atom is -0.445 e. The zero-order valence-corrected chi connectivity index (χ0v) is 20.5. The molecule has 2 atom stereocenters. The first kappa shape index (κ1) is 27.3. The highest BCUT2D eigenvalue weighted by Crippen LogP contribution is 2.22. The van der Waals surface area contributed by atoms with Crippen molar-refractivity contribution in [3.05, 3.63) is 12.2 Å². The highest BCUT2D eigenvalue weighted by Gasteiger charge is 2.38. The van der Waals surface area contributed by atoms with Crippen molar-refractivity contribution in [1.82, 2.24) is 15.5 Å². The summed E-state index contributed by atoms with van der Waals surface area (Å²) in [6.45, 7) is 12.3. The Bertz CT molecular complexity index is 647. The van der Waals surface area contributed by atoms with Crippen molar-refractivity contribution in [2.75, 3.05) is 26.7 Å². The van der Waals surface area contributed by atoms with E-state index in [4.69, 9.17) is 4.74 Å². The van der Waals surface area contributed by atoms with Gasteiger partial charge in [-0.2, -0.15) is 0 Å². The minimum atomic E-state index is -0.828. The van der Waals surface area contributed by atoms with E-state index in [9.17, 15) is 14.4 Å². The number of nitrogens with one attached hydrogen (secondary N) is 2. The van der Waals surface area contributed by atoms with Gasteiger partial charge in [-0.1, -0.05) is 32.4 Å². The number of rotatable bonds is 4. The maximum Gasteiger partial charge on any atom is 0.409 e. The van der Waals surface area contributed by atoms with Gasteiger partial charge in [0.25, 0.3) is 0 Å². The summed E-state index contributed by atoms with van der Waals surface area (Å²) in [5.74, 6) is 0.00123. The fraction of sp³-hybridized carbons (Fsp3) is 0.792. The van der Waals surface area contributed by atoms with Gasteiger partial charge in [0.05, 0.1) is 17.6 Å². The molecule has 0 aromatic heterocycles. The van der Waals surface area contributed by atoms with E-state index in [-0.39, 0.29) is 36.7 Å². The topological polar surface area (TPSA) is 87.7 Å². The first-order valence-corrected chi connectivity index (χ1v) is 11.5. The van der Waals surface area contributed by atoms with E-state index in [1.165, 1.54) is 4.90 Å². The molecule has 0 spiro atoms. The van der Waals surface area contributed by atoms with E-state index in [2.05, 4.69) is 10.6 Å². The number of Topliss-reactive ketones (excluding diaryl/α,β-unsaturated/α-hetero) is 2. The molecular formula is C24H43N3O4. The molecule has 0 bridgehead atoms. The van der Waals surface area contributed by atoms with Gasteiger partial charge >= 0.3 is 6.09 Å². The molecule has 7 nitrogen and oxygen atoms in total. The number of allylic oxidation sites excluding steroid dienone is 1. The average molecular weight is 438 g/mol. The zero-order valence-electron chi connectivity index (χ0n) is 20.5. The van der Waals surface area contributed by atoms with Crippen LogP contribution in [-0.2, 0) is 14.3 Å². The number of ketones is 2. The van der Waals surface area contributed by atoms with Crippen LogP contribution in [0.25, 0.3) is 0 Å². The van der Waals surface area contributed by atoms with Gasteiger partial charge in [-0.3, -0.25) is 14.9 Å². The fourth-order valence-corrected chi connectivity index (χ4v) is 3.97. The summed E-state index contributed by atoms with van der Waals surface area (Å²) in [5, 5.41) is 6.68. The summed E-state index contributed by atoms with van der Waals surface area (Å²) >= 11 is 0. The number of cyclic esters (lactones) is 1. The molecule has 0 unspecified atom stereocenters. The number of hydrogen-bond acceptors (Lipinski definition) is 6. The fourth-order valence-electron chi connectivity index (χ4n) is 3.97. The number of hydrogen-bond donors (Lipinski definition) is 2. The number of amides is 1. The lowest BCUT2D eigenvalue weighted by atomic mass is 9.83. The van der Waals surface area contributed by atoms with Crippen molar-refractivity contribution >= 4 is 17.7 Å². The van der Waals surface area contributed by atoms with Crippen molar-refractivity contribution in [3.63, 3.8) is 0 Å². The Labute approximate surface area is 188 Å². The highest BCUT2D eigenvalue weighted by molar-refractivity contribution is 5.93. The van der Waals surface area contributed by atoms with Gasteiger partial charge < -0.3 is 15.0 Å². The van der Waals surface area contributed by atoms with Gasteiger partial charge in [-0.05, 0) is 53.4 Å². The van der Waals surface area contributed by atoms with Crippen molar-refractivity contribution in [1.29, 1.82) is 0 Å². The Morgan fingerprint density at radius 1 is 1.13 bits per heavy atom. The summed E-state index contributed by atoms with van der Waals surface area (Å²) in [6, 6.07) is 0.0918. The van der Waals surface area contributed by atoms with Gasteiger partial charge in [0.1, 0.15) is 6.61 Å². The minimum absolute atomic E-state index is 0.0169. The van der Waals surface area contributed by atoms with E-state index < -0.39 is 17.2 Å². The van der Waals surface area contributed by atoms with Crippen LogP contribution in [0.5, 0.6) is 0 Å². The van der Waals surface area contributed by atoms with Crippen molar-refractivity contribution in [2.24, 2.45) is 5.92 Å². The summed E-state index contributed by atoms with van der Waals surface area (Å²) < 4.78 is 5.28. The first-order chi connectivity index (χ1) is 14.4. The standard InChI is InChI=1S/C24H43N3O4/c1-18(2)21(29)24(6)13-11-9-8-10-12-16-31-22(30)27(7)15-14-23(5,26-19(3)4)20(28)17-25-24/h10,12,18-19,25-26H,8-9,11,13-17H2,1-7H3/t23-,24+/m1/s1. The molecular weight excluding hydrogens is 394 g/mol. The van der Waals surface area contributed by atoms with Crippen LogP contribution in [0, 0.1) is 5.92 Å². The molecule has 0 saturated heterocycles. The second-order valence-electron chi connectivity index (χ2n) is 9.72. The van der Waals surface area contributed by atoms with Crippen LogP contribution in [0.1, 0.15) is 73.6 Å². The van der Waals surface area contributed by atoms with Gasteiger partial charge in [-0.25, -0.2) is 4.79 Å². The van der Waals surface area contributed by atoms with Gasteiger partial charge in [0.15, 0.2) is 11.6 Å². The number of ether oxygens (including phenoxy) is 1. The Hall–Kier alpha value is -1.73. The Morgan fingerprint density at radius 2 is 1.81 bits per heavy atom. The molecule has 178 valence electrons. The van der Waals surface area contributed by atoms with Gasteiger partial charge in [-0.15, -0.1) is 0 Å². The van der Waals surface area contributed by atoms with Crippen LogP contribution in [0.3, 0.4) is 0 Å². The maximum atomic E-state index is 13.3. The highest BCUT2D eigenvalue weighted by atomic mass is 16.6. The molecule has 0 saturated carbocycles. The molecule has 0 aromatic carbocycles. The molecule has 1 aliphatic heterocycles. The maximum absolute atomic E-state index is 13.3. The van der Waals surface area contributed by atoms with Crippen LogP contribution in [0.4, 0.5) is 4.79 Å². The van der Waals surface area contributed by atoms with Crippen molar-refractivity contribution < 1.29 is 19.1 Å². The van der Waals surface area contributed by atoms with Crippen molar-refractivity contribution in [3.8, 4) is 0 Å². The molecule has 7 heteroatoms. The largest absolute Gasteiger partial charge is 0.445 e. The van der Waals surface area contributed by atoms with Crippen LogP contribution < -0.4 is 10.6 Å². The normalized spacial score (nSPS) is 28.0. The monoisotopic (exact) mass is 437 g/mol. The molecule has 0 aliphatic carbocycles. The lowest BCUT2D eigenvalue weighted by molar-refractivity contribution is -0.129. The van der Waals surface area contributed by atoms with Crippen molar-refractivity contribution in [2.45, 2.75) is 90.8 Å². The molecule has 1 amide bonds. The molecule has 31 heavy (non-hydrogen) atoms. The van der Waals surface area contributed by atoms with E-state index >= 15 is 0 Å². The van der Waals surface area contributed by atoms with Gasteiger partial charge in [0, 0.05) is 25.6 Å². The lowest BCUT2D eigenvalue weighted by Crippen LogP contribution is -2.60. The van der Waals surface area contributed by atoms with Crippen LogP contribution in [-0.4, -0.2) is 66.4 Å². The first-order valence-electron chi connectivity index (χ1n) is 11.5. The van der Waals surface area contributed by atoms with E-state index in [0.29, 0.717) is 19.4 Å².